The number of aryl methyl sites for hydroxylation is 2. The number of hydrogen-bond acceptors (Lipinski definition) is 2. The summed E-state index contributed by atoms with van der Waals surface area (Å²) >= 11 is 0. The Hall–Kier alpha value is -1.31. The van der Waals surface area contributed by atoms with Crippen molar-refractivity contribution in [3.8, 4) is 0 Å². The van der Waals surface area contributed by atoms with Gasteiger partial charge in [0.05, 0.1) is 17.1 Å². The van der Waals surface area contributed by atoms with Crippen molar-refractivity contribution in [2.24, 2.45) is 0 Å². The Kier molecular flexibility index (Phi) is 1.94. The van der Waals surface area contributed by atoms with Crippen molar-refractivity contribution in [2.45, 2.75) is 13.8 Å². The zero-order chi connectivity index (χ0) is 8.43. The highest BCUT2D eigenvalue weighted by Crippen LogP contribution is 2.15. The number of anilines is 1. The van der Waals surface area contributed by atoms with Crippen molar-refractivity contribution in [3.63, 3.8) is 0 Å². The van der Waals surface area contributed by atoms with Crippen LogP contribution in [0, 0.1) is 13.8 Å². The highest BCUT2D eigenvalue weighted by molar-refractivity contribution is 5.55. The van der Waals surface area contributed by atoms with Crippen LogP contribution in [0.2, 0.25) is 0 Å². The molecule has 0 amide bonds. The van der Waals surface area contributed by atoms with Crippen molar-refractivity contribution in [1.82, 2.24) is 4.98 Å². The molecule has 0 fully saturated rings. The molecular formula is C9H12N2. The van der Waals surface area contributed by atoms with Gasteiger partial charge in [-0.1, -0.05) is 6.58 Å². The van der Waals surface area contributed by atoms with E-state index in [1.807, 2.05) is 19.9 Å². The number of nitrogen functional groups attached to an aromatic ring is 1. The van der Waals surface area contributed by atoms with Gasteiger partial charge < -0.3 is 5.73 Å². The molecule has 1 aromatic rings. The van der Waals surface area contributed by atoms with Crippen molar-refractivity contribution in [3.05, 3.63) is 29.6 Å². The first-order valence-electron chi connectivity index (χ1n) is 3.51. The van der Waals surface area contributed by atoms with Gasteiger partial charge in [0.2, 0.25) is 0 Å². The summed E-state index contributed by atoms with van der Waals surface area (Å²) in [4.78, 5) is 4.21. The quantitative estimate of drug-likeness (QED) is 0.660. The van der Waals surface area contributed by atoms with Crippen molar-refractivity contribution >= 4 is 11.8 Å². The Morgan fingerprint density at radius 3 is 2.64 bits per heavy atom. The lowest BCUT2D eigenvalue weighted by molar-refractivity contribution is 1.17. The molecule has 0 bridgehead atoms. The lowest BCUT2D eigenvalue weighted by atomic mass is 10.2. The molecule has 2 N–H and O–H groups in total. The molecular weight excluding hydrogens is 136 g/mol. The normalized spacial score (nSPS) is 9.64. The molecule has 2 nitrogen and oxygen atoms in total. The van der Waals surface area contributed by atoms with Gasteiger partial charge in [-0.15, -0.1) is 0 Å². The van der Waals surface area contributed by atoms with Crippen molar-refractivity contribution in [2.75, 3.05) is 5.73 Å². The molecule has 0 saturated heterocycles. The third-order valence-corrected chi connectivity index (χ3v) is 1.68. The van der Waals surface area contributed by atoms with Crippen LogP contribution in [-0.4, -0.2) is 4.98 Å². The molecule has 0 aromatic carbocycles. The largest absolute Gasteiger partial charge is 0.397 e. The predicted molar refractivity (Wildman–Crippen MR) is 48.2 cm³/mol. The first kappa shape index (κ1) is 7.79. The van der Waals surface area contributed by atoms with Gasteiger partial charge in [0.25, 0.3) is 0 Å². The number of rotatable bonds is 1. The molecule has 0 atom stereocenters. The summed E-state index contributed by atoms with van der Waals surface area (Å²) < 4.78 is 0. The maximum absolute atomic E-state index is 5.71. The van der Waals surface area contributed by atoms with E-state index in [1.165, 1.54) is 0 Å². The fourth-order valence-electron chi connectivity index (χ4n) is 0.976. The van der Waals surface area contributed by atoms with E-state index in [0.717, 1.165) is 22.6 Å². The molecule has 0 saturated carbocycles. The average Bonchev–Trinajstić information content (AvgIpc) is 1.99. The Bertz CT molecular complexity index is 267. The zero-order valence-electron chi connectivity index (χ0n) is 6.89. The van der Waals surface area contributed by atoms with Gasteiger partial charge in [0.15, 0.2) is 0 Å². The number of pyridine rings is 1. The lowest BCUT2D eigenvalue weighted by Crippen LogP contribution is -1.97. The molecule has 0 aliphatic heterocycles. The van der Waals surface area contributed by atoms with E-state index in [1.54, 1.807) is 6.08 Å². The van der Waals surface area contributed by atoms with Gasteiger partial charge in [0.1, 0.15) is 0 Å². The van der Waals surface area contributed by atoms with Crippen LogP contribution in [0.3, 0.4) is 0 Å². The van der Waals surface area contributed by atoms with Crippen molar-refractivity contribution < 1.29 is 0 Å². The second kappa shape index (κ2) is 2.74. The van der Waals surface area contributed by atoms with Gasteiger partial charge in [-0.2, -0.15) is 0 Å². The summed E-state index contributed by atoms with van der Waals surface area (Å²) in [6.07, 6.45) is 1.72. The highest BCUT2D eigenvalue weighted by Gasteiger charge is 1.99. The molecule has 0 unspecified atom stereocenters. The van der Waals surface area contributed by atoms with Crippen LogP contribution in [0.4, 0.5) is 5.69 Å². The third-order valence-electron chi connectivity index (χ3n) is 1.68. The smallest absolute Gasteiger partial charge is 0.0631 e. The molecule has 0 radical (unpaired) electrons. The minimum atomic E-state index is 0.774. The zero-order valence-corrected chi connectivity index (χ0v) is 6.89. The van der Waals surface area contributed by atoms with E-state index >= 15 is 0 Å². The van der Waals surface area contributed by atoms with E-state index in [4.69, 9.17) is 5.73 Å². The predicted octanol–water partition coefficient (Wildman–Crippen LogP) is 1.92. The second-order valence-corrected chi connectivity index (χ2v) is 2.57. The number of nitrogens with zero attached hydrogens (tertiary/aromatic N) is 1. The lowest BCUT2D eigenvalue weighted by Gasteiger charge is -2.04. The number of hydrogen-bond donors (Lipinski definition) is 1. The van der Waals surface area contributed by atoms with Gasteiger partial charge in [-0.3, -0.25) is 4.98 Å². The standard InChI is InChI=1S/C9H12N2/c1-4-8-5-6(2)9(10)7(3)11-8/h4-5H,1,10H2,2-3H3. The number of aromatic nitrogens is 1. The molecule has 0 aliphatic rings. The summed E-state index contributed by atoms with van der Waals surface area (Å²) in [5.74, 6) is 0. The molecule has 11 heavy (non-hydrogen) atoms. The molecule has 1 rings (SSSR count). The SMILES string of the molecule is C=Cc1cc(C)c(N)c(C)n1. The summed E-state index contributed by atoms with van der Waals surface area (Å²) in [7, 11) is 0. The maximum Gasteiger partial charge on any atom is 0.0631 e. The van der Waals surface area contributed by atoms with E-state index in [0.29, 0.717) is 0 Å². The minimum absolute atomic E-state index is 0.774. The van der Waals surface area contributed by atoms with E-state index < -0.39 is 0 Å². The monoisotopic (exact) mass is 148 g/mol. The first-order valence-corrected chi connectivity index (χ1v) is 3.51. The van der Waals surface area contributed by atoms with Crippen LogP contribution in [-0.2, 0) is 0 Å². The summed E-state index contributed by atoms with van der Waals surface area (Å²) in [5, 5.41) is 0. The summed E-state index contributed by atoms with van der Waals surface area (Å²) in [6.45, 7) is 7.51. The average molecular weight is 148 g/mol. The van der Waals surface area contributed by atoms with Crippen LogP contribution in [0.15, 0.2) is 12.6 Å². The molecule has 58 valence electrons. The Labute approximate surface area is 66.8 Å². The number of nitrogens with two attached hydrogens (primary N) is 1. The van der Waals surface area contributed by atoms with Crippen LogP contribution in [0.5, 0.6) is 0 Å². The Balaban J connectivity index is 3.31. The van der Waals surface area contributed by atoms with Crippen LogP contribution in [0.25, 0.3) is 6.08 Å². The topological polar surface area (TPSA) is 38.9 Å². The fourth-order valence-corrected chi connectivity index (χ4v) is 0.976. The fraction of sp³-hybridized carbons (Fsp3) is 0.222. The maximum atomic E-state index is 5.71. The molecule has 2 heteroatoms. The van der Waals surface area contributed by atoms with Gasteiger partial charge in [-0.25, -0.2) is 0 Å². The Morgan fingerprint density at radius 1 is 1.55 bits per heavy atom. The third kappa shape index (κ3) is 1.40. The highest BCUT2D eigenvalue weighted by atomic mass is 14.7. The van der Waals surface area contributed by atoms with Gasteiger partial charge in [0, 0.05) is 0 Å². The van der Waals surface area contributed by atoms with Crippen LogP contribution < -0.4 is 5.73 Å². The molecule has 1 aromatic heterocycles. The minimum Gasteiger partial charge on any atom is -0.397 e. The van der Waals surface area contributed by atoms with Crippen LogP contribution >= 0.6 is 0 Å². The first-order chi connectivity index (χ1) is 5.15. The molecule has 0 spiro atoms. The van der Waals surface area contributed by atoms with E-state index in [9.17, 15) is 0 Å². The van der Waals surface area contributed by atoms with E-state index in [-0.39, 0.29) is 0 Å². The second-order valence-electron chi connectivity index (χ2n) is 2.57. The van der Waals surface area contributed by atoms with Gasteiger partial charge >= 0.3 is 0 Å². The summed E-state index contributed by atoms with van der Waals surface area (Å²) in [6, 6.07) is 1.93. The van der Waals surface area contributed by atoms with Crippen molar-refractivity contribution in [1.29, 1.82) is 0 Å². The van der Waals surface area contributed by atoms with Crippen LogP contribution in [0.1, 0.15) is 17.0 Å². The molecule has 0 aliphatic carbocycles. The van der Waals surface area contributed by atoms with Gasteiger partial charge in [-0.05, 0) is 31.6 Å². The molecule has 1 heterocycles. The summed E-state index contributed by atoms with van der Waals surface area (Å²) in [5.41, 5.74) is 9.30. The Morgan fingerprint density at radius 2 is 2.18 bits per heavy atom. The van der Waals surface area contributed by atoms with E-state index in [2.05, 4.69) is 11.6 Å².